The standard InChI is InChI=1S/C31H36FN3O2.ClH/c1-20-15-26(30(36)33-18-23-10-12-27(13-11-23)34(4)5)16-21(2)29(20)35-19-24(14-22(3)31(35)37)17-25-8-6-7-9-28(25)32;/h6-13,15-16,22,24H,14,17-19H2,1-5H3,(H,33,36);1H/t22-,24-;/m1./s1. The Morgan fingerprint density at radius 1 is 1.05 bits per heavy atom. The van der Waals surface area contributed by atoms with Crippen molar-refractivity contribution in [2.45, 2.75) is 40.2 Å². The monoisotopic (exact) mass is 537 g/mol. The average molecular weight is 538 g/mol. The van der Waals surface area contributed by atoms with E-state index < -0.39 is 0 Å². The highest BCUT2D eigenvalue weighted by molar-refractivity contribution is 5.99. The summed E-state index contributed by atoms with van der Waals surface area (Å²) in [5.41, 5.74) is 6.01. The first kappa shape index (κ1) is 29.2. The van der Waals surface area contributed by atoms with Crippen molar-refractivity contribution in [3.8, 4) is 0 Å². The second-order valence-corrected chi connectivity index (χ2v) is 10.4. The van der Waals surface area contributed by atoms with Gasteiger partial charge in [0.15, 0.2) is 0 Å². The number of benzene rings is 3. The molecule has 3 aromatic rings. The summed E-state index contributed by atoms with van der Waals surface area (Å²) in [6.07, 6.45) is 1.33. The minimum absolute atomic E-state index is 0. The van der Waals surface area contributed by atoms with Gasteiger partial charge in [-0.1, -0.05) is 37.3 Å². The number of hydrogen-bond acceptors (Lipinski definition) is 3. The average Bonchev–Trinajstić information content (AvgIpc) is 2.86. The molecule has 0 aliphatic carbocycles. The molecule has 2 atom stereocenters. The molecule has 0 bridgehead atoms. The first-order valence-electron chi connectivity index (χ1n) is 12.8. The Bertz CT molecular complexity index is 1270. The topological polar surface area (TPSA) is 52.7 Å². The summed E-state index contributed by atoms with van der Waals surface area (Å²) in [5, 5.41) is 3.00. The third-order valence-electron chi connectivity index (χ3n) is 7.21. The Hall–Kier alpha value is -3.38. The van der Waals surface area contributed by atoms with Crippen LogP contribution in [-0.4, -0.2) is 32.5 Å². The number of nitrogens with zero attached hydrogens (tertiary/aromatic N) is 2. The highest BCUT2D eigenvalue weighted by Crippen LogP contribution is 2.34. The van der Waals surface area contributed by atoms with Crippen LogP contribution in [0.3, 0.4) is 0 Å². The van der Waals surface area contributed by atoms with Gasteiger partial charge in [0.1, 0.15) is 5.82 Å². The van der Waals surface area contributed by atoms with Crippen molar-refractivity contribution < 1.29 is 14.0 Å². The Morgan fingerprint density at radius 3 is 2.29 bits per heavy atom. The summed E-state index contributed by atoms with van der Waals surface area (Å²) >= 11 is 0. The summed E-state index contributed by atoms with van der Waals surface area (Å²) in [4.78, 5) is 30.0. The zero-order chi connectivity index (χ0) is 26.7. The highest BCUT2D eigenvalue weighted by atomic mass is 35.5. The fourth-order valence-corrected chi connectivity index (χ4v) is 5.32. The third kappa shape index (κ3) is 6.54. The van der Waals surface area contributed by atoms with Crippen molar-refractivity contribution in [3.63, 3.8) is 0 Å². The Labute approximate surface area is 231 Å². The van der Waals surface area contributed by atoms with Gasteiger partial charge in [-0.2, -0.15) is 0 Å². The molecule has 1 aliphatic rings. The van der Waals surface area contributed by atoms with Crippen LogP contribution in [0.5, 0.6) is 0 Å². The van der Waals surface area contributed by atoms with E-state index in [1.807, 2.05) is 93.2 Å². The summed E-state index contributed by atoms with van der Waals surface area (Å²) in [7, 11) is 3.99. The number of aryl methyl sites for hydroxylation is 2. The van der Waals surface area contributed by atoms with Crippen molar-refractivity contribution >= 4 is 35.6 Å². The summed E-state index contributed by atoms with van der Waals surface area (Å²) in [5.74, 6) is -0.258. The van der Waals surface area contributed by atoms with Crippen molar-refractivity contribution in [1.82, 2.24) is 5.32 Å². The van der Waals surface area contributed by atoms with Crippen LogP contribution >= 0.6 is 12.4 Å². The largest absolute Gasteiger partial charge is 0.378 e. The number of piperidine rings is 1. The van der Waals surface area contributed by atoms with Gasteiger partial charge in [0, 0.05) is 50.0 Å². The normalized spacial score (nSPS) is 17.1. The number of carbonyl (C=O) groups excluding carboxylic acids is 2. The van der Waals surface area contributed by atoms with E-state index >= 15 is 0 Å². The lowest BCUT2D eigenvalue weighted by Crippen LogP contribution is -2.46. The number of halogens is 2. The van der Waals surface area contributed by atoms with Crippen LogP contribution in [0.25, 0.3) is 0 Å². The van der Waals surface area contributed by atoms with Crippen molar-refractivity contribution in [1.29, 1.82) is 0 Å². The number of rotatable bonds is 7. The van der Waals surface area contributed by atoms with Crippen LogP contribution in [0.2, 0.25) is 0 Å². The molecular formula is C31H37ClFN3O2. The molecule has 1 saturated heterocycles. The van der Waals surface area contributed by atoms with Crippen LogP contribution in [0.15, 0.2) is 60.7 Å². The van der Waals surface area contributed by atoms with E-state index in [0.29, 0.717) is 30.6 Å². The van der Waals surface area contributed by atoms with Crippen LogP contribution < -0.4 is 15.1 Å². The second-order valence-electron chi connectivity index (χ2n) is 10.4. The first-order valence-corrected chi connectivity index (χ1v) is 12.8. The molecule has 5 nitrogen and oxygen atoms in total. The third-order valence-corrected chi connectivity index (χ3v) is 7.21. The van der Waals surface area contributed by atoms with Gasteiger partial charge in [-0.15, -0.1) is 12.4 Å². The van der Waals surface area contributed by atoms with Gasteiger partial charge < -0.3 is 15.1 Å². The summed E-state index contributed by atoms with van der Waals surface area (Å²) < 4.78 is 14.3. The Morgan fingerprint density at radius 2 is 1.68 bits per heavy atom. The smallest absolute Gasteiger partial charge is 0.251 e. The van der Waals surface area contributed by atoms with Gasteiger partial charge in [0.25, 0.3) is 5.91 Å². The fourth-order valence-electron chi connectivity index (χ4n) is 5.32. The Kier molecular flexibility index (Phi) is 9.55. The maximum absolute atomic E-state index is 14.3. The predicted molar refractivity (Wildman–Crippen MR) is 155 cm³/mol. The fraction of sp³-hybridized carbons (Fsp3) is 0.355. The number of carbonyl (C=O) groups is 2. The van der Waals surface area contributed by atoms with E-state index in [1.165, 1.54) is 6.07 Å². The van der Waals surface area contributed by atoms with E-state index in [0.717, 1.165) is 34.5 Å². The Balaban J connectivity index is 0.00000400. The molecule has 4 rings (SSSR count). The van der Waals surface area contributed by atoms with Crippen LogP contribution in [-0.2, 0) is 17.8 Å². The maximum atomic E-state index is 14.3. The van der Waals surface area contributed by atoms with E-state index in [-0.39, 0.29) is 41.9 Å². The molecule has 1 N–H and O–H groups in total. The minimum Gasteiger partial charge on any atom is -0.378 e. The van der Waals surface area contributed by atoms with Gasteiger partial charge in [0.2, 0.25) is 5.91 Å². The van der Waals surface area contributed by atoms with Crippen LogP contribution in [0, 0.1) is 31.5 Å². The molecule has 0 radical (unpaired) electrons. The zero-order valence-electron chi connectivity index (χ0n) is 22.8. The number of hydrogen-bond donors (Lipinski definition) is 1. The molecular weight excluding hydrogens is 501 g/mol. The molecule has 2 amide bonds. The molecule has 0 unspecified atom stereocenters. The molecule has 202 valence electrons. The number of nitrogens with one attached hydrogen (secondary N) is 1. The number of amides is 2. The molecule has 0 spiro atoms. The quantitative estimate of drug-likeness (QED) is 0.396. The molecule has 1 heterocycles. The van der Waals surface area contributed by atoms with Gasteiger partial charge in [-0.05, 0) is 85.2 Å². The van der Waals surface area contributed by atoms with Gasteiger partial charge >= 0.3 is 0 Å². The van der Waals surface area contributed by atoms with Crippen molar-refractivity contribution in [3.05, 3.63) is 94.3 Å². The van der Waals surface area contributed by atoms with Crippen molar-refractivity contribution in [2.75, 3.05) is 30.4 Å². The van der Waals surface area contributed by atoms with E-state index in [2.05, 4.69) is 5.32 Å². The highest BCUT2D eigenvalue weighted by Gasteiger charge is 2.34. The lowest BCUT2D eigenvalue weighted by Gasteiger charge is -2.38. The molecule has 1 aliphatic heterocycles. The van der Waals surface area contributed by atoms with E-state index in [4.69, 9.17) is 0 Å². The maximum Gasteiger partial charge on any atom is 0.251 e. The number of anilines is 2. The first-order chi connectivity index (χ1) is 17.6. The molecule has 0 aromatic heterocycles. The van der Waals surface area contributed by atoms with Crippen molar-refractivity contribution in [2.24, 2.45) is 11.8 Å². The molecule has 0 saturated carbocycles. The SMILES string of the molecule is Cc1cc(C(=O)NCc2ccc(N(C)C)cc2)cc(C)c1N1C[C@@H](Cc2ccccc2F)C[C@@H](C)C1=O.Cl. The van der Waals surface area contributed by atoms with E-state index in [9.17, 15) is 14.0 Å². The van der Waals surface area contributed by atoms with E-state index in [1.54, 1.807) is 6.07 Å². The van der Waals surface area contributed by atoms with Crippen LogP contribution in [0.1, 0.15) is 46.0 Å². The van der Waals surface area contributed by atoms with Gasteiger partial charge in [0.05, 0.1) is 0 Å². The van der Waals surface area contributed by atoms with Crippen LogP contribution in [0.4, 0.5) is 15.8 Å². The molecule has 3 aromatic carbocycles. The lowest BCUT2D eigenvalue weighted by atomic mass is 9.84. The van der Waals surface area contributed by atoms with Gasteiger partial charge in [-0.25, -0.2) is 4.39 Å². The lowest BCUT2D eigenvalue weighted by molar-refractivity contribution is -0.124. The second kappa shape index (κ2) is 12.4. The molecule has 38 heavy (non-hydrogen) atoms. The zero-order valence-corrected chi connectivity index (χ0v) is 23.6. The summed E-state index contributed by atoms with van der Waals surface area (Å²) in [6, 6.07) is 18.6. The van der Waals surface area contributed by atoms with Gasteiger partial charge in [-0.3, -0.25) is 9.59 Å². The summed E-state index contributed by atoms with van der Waals surface area (Å²) in [6.45, 7) is 6.80. The molecule has 1 fully saturated rings. The minimum atomic E-state index is -0.199. The predicted octanol–water partition coefficient (Wildman–Crippen LogP) is 6.09. The molecule has 7 heteroatoms.